The third-order valence-electron chi connectivity index (χ3n) is 2.34. The predicted octanol–water partition coefficient (Wildman–Crippen LogP) is 0.0942. The molecule has 6 heteroatoms. The summed E-state index contributed by atoms with van der Waals surface area (Å²) in [6.07, 6.45) is 3.55. The van der Waals surface area contributed by atoms with Crippen LogP contribution in [0.1, 0.15) is 21.7 Å². The molecule has 0 bridgehead atoms. The number of hydrogen-bond acceptors (Lipinski definition) is 5. The zero-order valence-corrected chi connectivity index (χ0v) is 9.50. The largest absolute Gasteiger partial charge is 0.325 e. The van der Waals surface area contributed by atoms with Gasteiger partial charge in [-0.1, -0.05) is 5.21 Å². The molecule has 88 valence electrons. The van der Waals surface area contributed by atoms with E-state index < -0.39 is 0 Å². The Kier molecular flexibility index (Phi) is 3.24. The van der Waals surface area contributed by atoms with E-state index in [1.165, 1.54) is 0 Å². The van der Waals surface area contributed by atoms with E-state index in [1.54, 1.807) is 36.3 Å². The lowest BCUT2D eigenvalue weighted by Crippen LogP contribution is -2.07. The van der Waals surface area contributed by atoms with Gasteiger partial charge in [-0.25, -0.2) is 0 Å². The van der Waals surface area contributed by atoms with Crippen LogP contribution in [0.15, 0.2) is 24.5 Å². The Labute approximate surface area is 98.5 Å². The minimum Gasteiger partial charge on any atom is -0.325 e. The van der Waals surface area contributed by atoms with Crippen LogP contribution in [0.2, 0.25) is 0 Å². The van der Waals surface area contributed by atoms with Crippen molar-refractivity contribution in [1.82, 2.24) is 20.0 Å². The molecule has 0 atom stereocenters. The maximum absolute atomic E-state index is 11.9. The van der Waals surface area contributed by atoms with Gasteiger partial charge in [-0.05, 0) is 12.1 Å². The highest BCUT2D eigenvalue weighted by atomic mass is 16.1. The lowest BCUT2D eigenvalue weighted by atomic mass is 10.1. The van der Waals surface area contributed by atoms with E-state index in [0.717, 1.165) is 0 Å². The lowest BCUT2D eigenvalue weighted by Gasteiger charge is -2.00. The molecule has 2 N–H and O–H groups in total. The number of Topliss-reactive ketones (excluding diaryl/α,β-unsaturated/α-hetero) is 1. The highest BCUT2D eigenvalue weighted by Gasteiger charge is 2.10. The van der Waals surface area contributed by atoms with Gasteiger partial charge in [-0.2, -0.15) is 0 Å². The van der Waals surface area contributed by atoms with Crippen LogP contribution in [0.3, 0.4) is 0 Å². The Balaban J connectivity index is 2.14. The normalized spacial score (nSPS) is 10.5. The van der Waals surface area contributed by atoms with Crippen molar-refractivity contribution in [3.63, 3.8) is 0 Å². The SMILES string of the molecule is Cn1cc(CC(=O)c2ccnc(CN)c2)nn1. The fraction of sp³-hybridized carbons (Fsp3) is 0.273. The summed E-state index contributed by atoms with van der Waals surface area (Å²) in [5, 5.41) is 7.65. The van der Waals surface area contributed by atoms with E-state index in [9.17, 15) is 4.79 Å². The van der Waals surface area contributed by atoms with E-state index in [1.807, 2.05) is 0 Å². The van der Waals surface area contributed by atoms with Crippen LogP contribution in [0.25, 0.3) is 0 Å². The molecule has 0 spiro atoms. The van der Waals surface area contributed by atoms with Crippen molar-refractivity contribution in [2.75, 3.05) is 0 Å². The van der Waals surface area contributed by atoms with Crippen LogP contribution in [0.5, 0.6) is 0 Å². The van der Waals surface area contributed by atoms with Gasteiger partial charge in [0.1, 0.15) is 0 Å². The molecule has 2 aromatic heterocycles. The first kappa shape index (κ1) is 11.4. The average molecular weight is 231 g/mol. The standard InChI is InChI=1S/C11H13N5O/c1-16-7-10(14-15-16)5-11(17)8-2-3-13-9(4-8)6-12/h2-4,7H,5-6,12H2,1H3. The van der Waals surface area contributed by atoms with Gasteiger partial charge >= 0.3 is 0 Å². The second kappa shape index (κ2) is 4.84. The first-order chi connectivity index (χ1) is 8.19. The van der Waals surface area contributed by atoms with Gasteiger partial charge < -0.3 is 5.73 Å². The molecule has 0 aliphatic rings. The van der Waals surface area contributed by atoms with Crippen LogP contribution < -0.4 is 5.73 Å². The maximum Gasteiger partial charge on any atom is 0.169 e. The monoisotopic (exact) mass is 231 g/mol. The summed E-state index contributed by atoms with van der Waals surface area (Å²) in [6.45, 7) is 0.326. The van der Waals surface area contributed by atoms with Gasteiger partial charge in [0.2, 0.25) is 0 Å². The molecule has 0 aliphatic heterocycles. The Morgan fingerprint density at radius 2 is 2.29 bits per heavy atom. The number of carbonyl (C=O) groups is 1. The lowest BCUT2D eigenvalue weighted by molar-refractivity contribution is 0.0991. The molecule has 0 aliphatic carbocycles. The molecule has 2 aromatic rings. The number of aromatic nitrogens is 4. The van der Waals surface area contributed by atoms with Crippen molar-refractivity contribution < 1.29 is 4.79 Å². The summed E-state index contributed by atoms with van der Waals surface area (Å²) < 4.78 is 1.57. The van der Waals surface area contributed by atoms with Crippen LogP contribution in [0.4, 0.5) is 0 Å². The van der Waals surface area contributed by atoms with Gasteiger partial charge in [0.15, 0.2) is 5.78 Å². The molecule has 0 radical (unpaired) electrons. The molecule has 17 heavy (non-hydrogen) atoms. The molecule has 0 unspecified atom stereocenters. The van der Waals surface area contributed by atoms with E-state index >= 15 is 0 Å². The molecule has 0 saturated carbocycles. The number of nitrogens with zero attached hydrogens (tertiary/aromatic N) is 4. The summed E-state index contributed by atoms with van der Waals surface area (Å²) in [6, 6.07) is 3.39. The van der Waals surface area contributed by atoms with Crippen molar-refractivity contribution >= 4 is 5.78 Å². The third-order valence-corrected chi connectivity index (χ3v) is 2.34. The summed E-state index contributed by atoms with van der Waals surface area (Å²) in [5.41, 5.74) is 7.44. The Bertz CT molecular complexity index is 534. The molecular formula is C11H13N5O. The van der Waals surface area contributed by atoms with Crippen LogP contribution in [-0.4, -0.2) is 25.8 Å². The Morgan fingerprint density at radius 1 is 1.47 bits per heavy atom. The van der Waals surface area contributed by atoms with E-state index in [4.69, 9.17) is 5.73 Å². The number of nitrogens with two attached hydrogens (primary N) is 1. The van der Waals surface area contributed by atoms with Crippen molar-refractivity contribution in [3.05, 3.63) is 41.5 Å². The van der Waals surface area contributed by atoms with E-state index in [-0.39, 0.29) is 12.2 Å². The van der Waals surface area contributed by atoms with Gasteiger partial charge in [0, 0.05) is 31.5 Å². The zero-order valence-electron chi connectivity index (χ0n) is 9.50. The Hall–Kier alpha value is -2.08. The number of rotatable bonds is 4. The highest BCUT2D eigenvalue weighted by molar-refractivity contribution is 5.97. The number of pyridine rings is 1. The molecule has 0 saturated heterocycles. The molecular weight excluding hydrogens is 218 g/mol. The molecule has 0 aromatic carbocycles. The first-order valence-electron chi connectivity index (χ1n) is 5.22. The highest BCUT2D eigenvalue weighted by Crippen LogP contribution is 2.06. The fourth-order valence-electron chi connectivity index (χ4n) is 1.51. The number of carbonyl (C=O) groups excluding carboxylic acids is 1. The summed E-state index contributed by atoms with van der Waals surface area (Å²) >= 11 is 0. The second-order valence-electron chi connectivity index (χ2n) is 3.72. The van der Waals surface area contributed by atoms with E-state index in [0.29, 0.717) is 23.5 Å². The van der Waals surface area contributed by atoms with Crippen molar-refractivity contribution in [2.45, 2.75) is 13.0 Å². The number of hydrogen-bond donors (Lipinski definition) is 1. The summed E-state index contributed by atoms with van der Waals surface area (Å²) in [4.78, 5) is 16.0. The van der Waals surface area contributed by atoms with Crippen molar-refractivity contribution in [1.29, 1.82) is 0 Å². The number of aryl methyl sites for hydroxylation is 1. The minimum absolute atomic E-state index is 0.0115. The second-order valence-corrected chi connectivity index (χ2v) is 3.72. The predicted molar refractivity (Wildman–Crippen MR) is 61.2 cm³/mol. The summed E-state index contributed by atoms with van der Waals surface area (Å²) in [5.74, 6) is -0.0115. The fourth-order valence-corrected chi connectivity index (χ4v) is 1.51. The van der Waals surface area contributed by atoms with E-state index in [2.05, 4.69) is 15.3 Å². The molecule has 2 heterocycles. The van der Waals surface area contributed by atoms with Crippen molar-refractivity contribution in [2.24, 2.45) is 12.8 Å². The summed E-state index contributed by atoms with van der Waals surface area (Å²) in [7, 11) is 1.76. The minimum atomic E-state index is -0.0115. The topological polar surface area (TPSA) is 86.7 Å². The van der Waals surface area contributed by atoms with Gasteiger partial charge in [-0.15, -0.1) is 5.10 Å². The average Bonchev–Trinajstić information content (AvgIpc) is 2.75. The molecule has 0 amide bonds. The van der Waals surface area contributed by atoms with Gasteiger partial charge in [0.05, 0.1) is 17.8 Å². The number of ketones is 1. The van der Waals surface area contributed by atoms with Crippen LogP contribution >= 0.6 is 0 Å². The third kappa shape index (κ3) is 2.73. The quantitative estimate of drug-likeness (QED) is 0.754. The molecule has 6 nitrogen and oxygen atoms in total. The molecule has 0 fully saturated rings. The molecule has 2 rings (SSSR count). The smallest absolute Gasteiger partial charge is 0.169 e. The van der Waals surface area contributed by atoms with Crippen molar-refractivity contribution in [3.8, 4) is 0 Å². The van der Waals surface area contributed by atoms with Gasteiger partial charge in [0.25, 0.3) is 0 Å². The zero-order chi connectivity index (χ0) is 12.3. The maximum atomic E-state index is 11.9. The Morgan fingerprint density at radius 3 is 2.94 bits per heavy atom. The van der Waals surface area contributed by atoms with Crippen LogP contribution in [0, 0.1) is 0 Å². The van der Waals surface area contributed by atoms with Gasteiger partial charge in [-0.3, -0.25) is 14.5 Å². The van der Waals surface area contributed by atoms with Crippen LogP contribution in [-0.2, 0) is 20.0 Å². The first-order valence-corrected chi connectivity index (χ1v) is 5.22.